The monoisotopic (exact) mass is 301 g/mol. The lowest BCUT2D eigenvalue weighted by molar-refractivity contribution is -0.140. The van der Waals surface area contributed by atoms with Crippen molar-refractivity contribution in [3.63, 3.8) is 0 Å². The predicted octanol–water partition coefficient (Wildman–Crippen LogP) is 0.365. The van der Waals surface area contributed by atoms with Crippen molar-refractivity contribution in [3.8, 4) is 0 Å². The minimum Gasteiger partial charge on any atom is -0.481 e. The molecule has 0 radical (unpaired) electrons. The molecule has 1 aromatic heterocycles. The van der Waals surface area contributed by atoms with E-state index in [1.165, 1.54) is 12.1 Å². The number of nitrogens with two attached hydrogens (primary N) is 1. The van der Waals surface area contributed by atoms with Gasteiger partial charge in [0.15, 0.2) is 0 Å². The Hall–Kier alpha value is -2.35. The summed E-state index contributed by atoms with van der Waals surface area (Å²) in [6.07, 6.45) is -0.624. The molecule has 1 rings (SSSR count). The maximum Gasteiger partial charge on any atom is 0.326 e. The van der Waals surface area contributed by atoms with Gasteiger partial charge in [-0.15, -0.1) is 0 Å². The van der Waals surface area contributed by atoms with Crippen molar-refractivity contribution in [1.29, 1.82) is 0 Å². The van der Waals surface area contributed by atoms with Gasteiger partial charge in [-0.25, -0.2) is 9.78 Å². The third-order valence-corrected chi connectivity index (χ3v) is 2.65. The molecule has 0 aliphatic carbocycles. The Morgan fingerprint density at radius 2 is 2.00 bits per heavy atom. The van der Waals surface area contributed by atoms with Gasteiger partial charge in [0.05, 0.1) is 5.56 Å². The van der Waals surface area contributed by atoms with Gasteiger partial charge >= 0.3 is 11.9 Å². The maximum atomic E-state index is 11.8. The van der Waals surface area contributed by atoms with Crippen LogP contribution in [-0.2, 0) is 9.59 Å². The van der Waals surface area contributed by atoms with Gasteiger partial charge in [0, 0.05) is 6.42 Å². The molecular formula is C11H12ClN3O5. The van der Waals surface area contributed by atoms with Crippen LogP contribution in [0, 0.1) is 0 Å². The molecule has 1 aromatic rings. The van der Waals surface area contributed by atoms with E-state index in [9.17, 15) is 14.4 Å². The second kappa shape index (κ2) is 6.71. The highest BCUT2D eigenvalue weighted by Gasteiger charge is 2.23. The summed E-state index contributed by atoms with van der Waals surface area (Å²) in [4.78, 5) is 36.9. The Morgan fingerprint density at radius 3 is 2.50 bits per heavy atom. The van der Waals surface area contributed by atoms with E-state index in [0.29, 0.717) is 0 Å². The molecular weight excluding hydrogens is 290 g/mol. The SMILES string of the molecule is Nc1ccc(C(=O)N[C@@H](CCC(=O)O)C(=O)O)c(Cl)n1. The highest BCUT2D eigenvalue weighted by Crippen LogP contribution is 2.15. The second-order valence-corrected chi connectivity index (χ2v) is 4.23. The summed E-state index contributed by atoms with van der Waals surface area (Å²) in [7, 11) is 0. The number of nitrogens with one attached hydrogen (secondary N) is 1. The van der Waals surface area contributed by atoms with Crippen LogP contribution in [0.4, 0.5) is 5.82 Å². The number of carbonyl (C=O) groups excluding carboxylic acids is 1. The number of nitrogen functional groups attached to an aromatic ring is 1. The van der Waals surface area contributed by atoms with Crippen molar-refractivity contribution < 1.29 is 24.6 Å². The van der Waals surface area contributed by atoms with Crippen molar-refractivity contribution in [2.75, 3.05) is 5.73 Å². The summed E-state index contributed by atoms with van der Waals surface area (Å²) in [5.74, 6) is -3.13. The average Bonchev–Trinajstić information content (AvgIpc) is 2.33. The van der Waals surface area contributed by atoms with Crippen LogP contribution in [0.2, 0.25) is 5.15 Å². The first-order chi connectivity index (χ1) is 9.31. The van der Waals surface area contributed by atoms with E-state index in [0.717, 1.165) is 0 Å². The molecule has 9 heteroatoms. The molecule has 20 heavy (non-hydrogen) atoms. The molecule has 1 amide bonds. The zero-order valence-electron chi connectivity index (χ0n) is 10.2. The van der Waals surface area contributed by atoms with Crippen molar-refractivity contribution in [2.24, 2.45) is 0 Å². The van der Waals surface area contributed by atoms with Crippen molar-refractivity contribution in [1.82, 2.24) is 10.3 Å². The molecule has 0 aromatic carbocycles. The number of aromatic nitrogens is 1. The van der Waals surface area contributed by atoms with Crippen LogP contribution < -0.4 is 11.1 Å². The van der Waals surface area contributed by atoms with E-state index in [1.54, 1.807) is 0 Å². The molecule has 0 unspecified atom stereocenters. The summed E-state index contributed by atoms with van der Waals surface area (Å²) in [6, 6.07) is 1.32. The zero-order chi connectivity index (χ0) is 15.3. The molecule has 1 atom stereocenters. The first kappa shape index (κ1) is 15.7. The third-order valence-electron chi connectivity index (χ3n) is 2.37. The van der Waals surface area contributed by atoms with Crippen LogP contribution in [0.15, 0.2) is 12.1 Å². The smallest absolute Gasteiger partial charge is 0.326 e. The zero-order valence-corrected chi connectivity index (χ0v) is 10.9. The molecule has 0 saturated heterocycles. The number of carboxylic acid groups (broad SMARTS) is 2. The lowest BCUT2D eigenvalue weighted by Crippen LogP contribution is -2.41. The van der Waals surface area contributed by atoms with Crippen molar-refractivity contribution in [2.45, 2.75) is 18.9 Å². The Balaban J connectivity index is 2.80. The average molecular weight is 302 g/mol. The summed E-state index contributed by atoms with van der Waals surface area (Å²) >= 11 is 5.72. The van der Waals surface area contributed by atoms with Crippen LogP contribution in [-0.4, -0.2) is 39.1 Å². The Kier molecular flexibility index (Phi) is 5.27. The number of nitrogens with zero attached hydrogens (tertiary/aromatic N) is 1. The lowest BCUT2D eigenvalue weighted by atomic mass is 10.1. The third kappa shape index (κ3) is 4.39. The molecule has 8 nitrogen and oxygen atoms in total. The van der Waals surface area contributed by atoms with Gasteiger partial charge in [0.2, 0.25) is 0 Å². The molecule has 0 fully saturated rings. The van der Waals surface area contributed by atoms with Gasteiger partial charge in [-0.05, 0) is 18.6 Å². The van der Waals surface area contributed by atoms with Crippen molar-refractivity contribution in [3.05, 3.63) is 22.8 Å². The van der Waals surface area contributed by atoms with E-state index in [2.05, 4.69) is 10.3 Å². The van der Waals surface area contributed by atoms with E-state index >= 15 is 0 Å². The van der Waals surface area contributed by atoms with E-state index < -0.39 is 23.9 Å². The molecule has 0 saturated carbocycles. The molecule has 5 N–H and O–H groups in total. The predicted molar refractivity (Wildman–Crippen MR) is 69.4 cm³/mol. The number of aliphatic carboxylic acids is 2. The van der Waals surface area contributed by atoms with Gasteiger partial charge in [-0.1, -0.05) is 11.6 Å². The lowest BCUT2D eigenvalue weighted by Gasteiger charge is -2.14. The Morgan fingerprint density at radius 1 is 1.35 bits per heavy atom. The first-order valence-electron chi connectivity index (χ1n) is 5.48. The topological polar surface area (TPSA) is 143 Å². The van der Waals surface area contributed by atoms with Gasteiger partial charge in [0.1, 0.15) is 17.0 Å². The van der Waals surface area contributed by atoms with Crippen LogP contribution in [0.5, 0.6) is 0 Å². The Bertz CT molecular complexity index is 549. The standard InChI is InChI=1S/C11H12ClN3O5/c12-9-5(1-3-7(13)15-9)10(18)14-6(11(19)20)2-4-8(16)17/h1,3,6H,2,4H2,(H2,13,15)(H,14,18)(H,16,17)(H,19,20)/t6-/m0/s1. The molecule has 0 aliphatic rings. The van der Waals surface area contributed by atoms with Gasteiger partial charge in [-0.3, -0.25) is 9.59 Å². The van der Waals surface area contributed by atoms with E-state index in [4.69, 9.17) is 27.5 Å². The fraction of sp³-hybridized carbons (Fsp3) is 0.273. The number of halogens is 1. The number of hydrogen-bond donors (Lipinski definition) is 4. The highest BCUT2D eigenvalue weighted by atomic mass is 35.5. The maximum absolute atomic E-state index is 11.8. The van der Waals surface area contributed by atoms with Crippen LogP contribution >= 0.6 is 11.6 Å². The molecule has 1 heterocycles. The van der Waals surface area contributed by atoms with Gasteiger partial charge in [-0.2, -0.15) is 0 Å². The number of anilines is 1. The normalized spacial score (nSPS) is 11.7. The fourth-order valence-corrected chi connectivity index (χ4v) is 1.63. The molecule has 0 aliphatic heterocycles. The highest BCUT2D eigenvalue weighted by molar-refractivity contribution is 6.32. The second-order valence-electron chi connectivity index (χ2n) is 3.87. The summed E-state index contributed by atoms with van der Waals surface area (Å²) < 4.78 is 0. The number of carbonyl (C=O) groups is 3. The summed E-state index contributed by atoms with van der Waals surface area (Å²) in [6.45, 7) is 0. The summed E-state index contributed by atoms with van der Waals surface area (Å²) in [5, 5.41) is 19.5. The van der Waals surface area contributed by atoms with E-state index in [-0.39, 0.29) is 29.4 Å². The largest absolute Gasteiger partial charge is 0.481 e. The van der Waals surface area contributed by atoms with Crippen LogP contribution in [0.1, 0.15) is 23.2 Å². The number of rotatable bonds is 6. The van der Waals surface area contributed by atoms with Crippen molar-refractivity contribution >= 4 is 35.3 Å². The Labute approximate surface area is 118 Å². The minimum absolute atomic E-state index is 0.0394. The first-order valence-corrected chi connectivity index (χ1v) is 5.86. The number of pyridine rings is 1. The van der Waals surface area contributed by atoms with Gasteiger partial charge in [0.25, 0.3) is 5.91 Å². The van der Waals surface area contributed by atoms with Crippen LogP contribution in [0.25, 0.3) is 0 Å². The molecule has 0 spiro atoms. The minimum atomic E-state index is -1.33. The molecule has 108 valence electrons. The quantitative estimate of drug-likeness (QED) is 0.556. The number of hydrogen-bond acceptors (Lipinski definition) is 5. The molecule has 0 bridgehead atoms. The number of carboxylic acids is 2. The number of amides is 1. The van der Waals surface area contributed by atoms with Gasteiger partial charge < -0.3 is 21.3 Å². The van der Waals surface area contributed by atoms with Crippen LogP contribution in [0.3, 0.4) is 0 Å². The van der Waals surface area contributed by atoms with E-state index in [1.807, 2.05) is 0 Å². The summed E-state index contributed by atoms with van der Waals surface area (Å²) in [5.41, 5.74) is 5.33. The fourth-order valence-electron chi connectivity index (χ4n) is 1.38.